The number of carbonyl (C=O) groups is 2. The van der Waals surface area contributed by atoms with Gasteiger partial charge < -0.3 is 10.2 Å². The quantitative estimate of drug-likeness (QED) is 0.827. The first-order chi connectivity index (χ1) is 7.56. The Morgan fingerprint density at radius 3 is 2.06 bits per heavy atom. The van der Waals surface area contributed by atoms with Crippen LogP contribution in [0.1, 0.15) is 47.1 Å². The summed E-state index contributed by atoms with van der Waals surface area (Å²) in [4.78, 5) is 21.3. The van der Waals surface area contributed by atoms with Gasteiger partial charge in [0.15, 0.2) is 0 Å². The summed E-state index contributed by atoms with van der Waals surface area (Å²) >= 11 is 0. The Morgan fingerprint density at radius 2 is 1.69 bits per heavy atom. The van der Waals surface area contributed by atoms with Gasteiger partial charge in [-0.05, 0) is 24.1 Å². The van der Waals surface area contributed by atoms with E-state index in [4.69, 9.17) is 10.2 Å². The predicted octanol–water partition coefficient (Wildman–Crippen LogP) is 2.67. The molecular formula is C12H16O4. The van der Waals surface area contributed by atoms with Crippen molar-refractivity contribution < 1.29 is 19.8 Å². The average Bonchev–Trinajstić information content (AvgIpc) is 2.30. The Kier molecular flexibility index (Phi) is 5.85. The number of carboxylic acid groups (broad SMARTS) is 2. The second-order valence-corrected chi connectivity index (χ2v) is 2.84. The fourth-order valence-electron chi connectivity index (χ4n) is 1.22. The summed E-state index contributed by atoms with van der Waals surface area (Å²) in [7, 11) is 0. The van der Waals surface area contributed by atoms with Gasteiger partial charge in [-0.2, -0.15) is 0 Å². The van der Waals surface area contributed by atoms with Crippen molar-refractivity contribution in [2.75, 3.05) is 0 Å². The van der Waals surface area contributed by atoms with Gasteiger partial charge in [-0.1, -0.05) is 26.8 Å². The summed E-state index contributed by atoms with van der Waals surface area (Å²) in [5.74, 6) is -2.21. The van der Waals surface area contributed by atoms with Crippen LogP contribution in [0, 0.1) is 0 Å². The third-order valence-corrected chi connectivity index (χ3v) is 1.97. The fraction of sp³-hybridized carbons (Fsp3) is 0.333. The van der Waals surface area contributed by atoms with Crippen molar-refractivity contribution in [2.24, 2.45) is 0 Å². The van der Waals surface area contributed by atoms with E-state index in [0.717, 1.165) is 0 Å². The summed E-state index contributed by atoms with van der Waals surface area (Å²) in [6, 6.07) is 4.13. The van der Waals surface area contributed by atoms with Crippen molar-refractivity contribution >= 4 is 11.9 Å². The number of rotatable bonds is 3. The molecule has 0 aliphatic heterocycles. The first-order valence-corrected chi connectivity index (χ1v) is 5.15. The number of hydrogen-bond acceptors (Lipinski definition) is 2. The molecule has 0 aliphatic rings. The Balaban J connectivity index is 0.00000106. The monoisotopic (exact) mass is 224 g/mol. The van der Waals surface area contributed by atoms with Crippen LogP contribution < -0.4 is 0 Å². The largest absolute Gasteiger partial charge is 0.478 e. The van der Waals surface area contributed by atoms with Crippen LogP contribution in [0.25, 0.3) is 0 Å². The smallest absolute Gasteiger partial charge is 0.335 e. The number of benzene rings is 1. The molecule has 1 aromatic carbocycles. The zero-order valence-electron chi connectivity index (χ0n) is 9.65. The molecule has 1 aromatic rings. The molecule has 0 unspecified atom stereocenters. The van der Waals surface area contributed by atoms with E-state index in [2.05, 4.69) is 0 Å². The van der Waals surface area contributed by atoms with E-state index in [9.17, 15) is 9.59 Å². The van der Waals surface area contributed by atoms with Crippen LogP contribution >= 0.6 is 0 Å². The van der Waals surface area contributed by atoms with Crippen molar-refractivity contribution in [1.29, 1.82) is 0 Å². The van der Waals surface area contributed by atoms with Gasteiger partial charge in [0.05, 0.1) is 11.1 Å². The molecule has 0 heterocycles. The Morgan fingerprint density at radius 1 is 1.12 bits per heavy atom. The van der Waals surface area contributed by atoms with Crippen LogP contribution in [-0.2, 0) is 6.42 Å². The molecule has 0 radical (unpaired) electrons. The lowest BCUT2D eigenvalue weighted by Gasteiger charge is -2.03. The van der Waals surface area contributed by atoms with E-state index in [0.29, 0.717) is 12.0 Å². The molecule has 0 fully saturated rings. The second-order valence-electron chi connectivity index (χ2n) is 2.84. The third-order valence-electron chi connectivity index (χ3n) is 1.97. The molecule has 0 saturated carbocycles. The van der Waals surface area contributed by atoms with Crippen molar-refractivity contribution in [3.8, 4) is 0 Å². The van der Waals surface area contributed by atoms with Crippen LogP contribution in [0.4, 0.5) is 0 Å². The number of aryl methyl sites for hydroxylation is 1. The maximum absolute atomic E-state index is 10.8. The summed E-state index contributed by atoms with van der Waals surface area (Å²) in [6.45, 7) is 5.82. The van der Waals surface area contributed by atoms with Crippen LogP contribution in [0.15, 0.2) is 18.2 Å². The molecule has 0 aliphatic carbocycles. The molecule has 0 spiro atoms. The van der Waals surface area contributed by atoms with Gasteiger partial charge in [0.2, 0.25) is 0 Å². The van der Waals surface area contributed by atoms with Gasteiger partial charge in [-0.15, -0.1) is 0 Å². The highest BCUT2D eigenvalue weighted by molar-refractivity contribution is 5.94. The number of aromatic carboxylic acids is 2. The van der Waals surface area contributed by atoms with Gasteiger partial charge in [0.1, 0.15) is 0 Å². The maximum Gasteiger partial charge on any atom is 0.335 e. The Hall–Kier alpha value is -1.84. The average molecular weight is 224 g/mol. The summed E-state index contributed by atoms with van der Waals surface area (Å²) in [6.07, 6.45) is 0.571. The van der Waals surface area contributed by atoms with E-state index in [1.807, 2.05) is 20.8 Å². The molecule has 88 valence electrons. The van der Waals surface area contributed by atoms with Crippen molar-refractivity contribution in [3.63, 3.8) is 0 Å². The zero-order valence-corrected chi connectivity index (χ0v) is 9.65. The lowest BCUT2D eigenvalue weighted by molar-refractivity contribution is 0.0695. The summed E-state index contributed by atoms with van der Waals surface area (Å²) in [5.41, 5.74) is 0.703. The third kappa shape index (κ3) is 3.38. The Bertz CT molecular complexity index is 383. The Labute approximate surface area is 94.5 Å². The normalized spacial score (nSPS) is 8.94. The van der Waals surface area contributed by atoms with E-state index in [1.54, 1.807) is 0 Å². The molecule has 0 atom stereocenters. The zero-order chi connectivity index (χ0) is 12.7. The number of carboxylic acids is 2. The fourth-order valence-corrected chi connectivity index (χ4v) is 1.22. The molecule has 0 aromatic heterocycles. The van der Waals surface area contributed by atoms with Crippen LogP contribution in [0.2, 0.25) is 0 Å². The minimum atomic E-state index is -1.12. The van der Waals surface area contributed by atoms with E-state index < -0.39 is 11.9 Å². The highest BCUT2D eigenvalue weighted by atomic mass is 16.4. The minimum Gasteiger partial charge on any atom is -0.478 e. The van der Waals surface area contributed by atoms with Gasteiger partial charge in [0, 0.05) is 0 Å². The second kappa shape index (κ2) is 6.61. The minimum absolute atomic E-state index is 0.000370. The van der Waals surface area contributed by atoms with Gasteiger partial charge in [-0.25, -0.2) is 9.59 Å². The molecule has 16 heavy (non-hydrogen) atoms. The molecule has 0 amide bonds. The molecule has 0 bridgehead atoms. The van der Waals surface area contributed by atoms with Gasteiger partial charge >= 0.3 is 11.9 Å². The predicted molar refractivity (Wildman–Crippen MR) is 61.1 cm³/mol. The number of hydrogen-bond donors (Lipinski definition) is 2. The highest BCUT2D eigenvalue weighted by Crippen LogP contribution is 2.13. The SMILES string of the molecule is CC.CCc1ccc(C(=O)O)cc1C(=O)O. The molecule has 4 nitrogen and oxygen atoms in total. The van der Waals surface area contributed by atoms with Crippen LogP contribution in [0.3, 0.4) is 0 Å². The van der Waals surface area contributed by atoms with Crippen LogP contribution in [-0.4, -0.2) is 22.2 Å². The first kappa shape index (κ1) is 14.2. The highest BCUT2D eigenvalue weighted by Gasteiger charge is 2.12. The summed E-state index contributed by atoms with van der Waals surface area (Å²) < 4.78 is 0. The first-order valence-electron chi connectivity index (χ1n) is 5.15. The molecule has 1 rings (SSSR count). The molecule has 4 heteroatoms. The molecular weight excluding hydrogens is 208 g/mol. The van der Waals surface area contributed by atoms with E-state index >= 15 is 0 Å². The standard InChI is InChI=1S/C10H10O4.C2H6/c1-2-6-3-4-7(9(11)12)5-8(6)10(13)14;1-2/h3-5H,2H2,1H3,(H,11,12)(H,13,14);1-2H3. The van der Waals surface area contributed by atoms with E-state index in [1.165, 1.54) is 18.2 Å². The van der Waals surface area contributed by atoms with E-state index in [-0.39, 0.29) is 11.1 Å². The maximum atomic E-state index is 10.8. The molecule has 2 N–H and O–H groups in total. The summed E-state index contributed by atoms with van der Waals surface area (Å²) in [5, 5.41) is 17.5. The topological polar surface area (TPSA) is 74.6 Å². The lowest BCUT2D eigenvalue weighted by atomic mass is 10.0. The van der Waals surface area contributed by atoms with Crippen molar-refractivity contribution in [2.45, 2.75) is 27.2 Å². The van der Waals surface area contributed by atoms with Crippen molar-refractivity contribution in [1.82, 2.24) is 0 Å². The molecule has 0 saturated heterocycles. The van der Waals surface area contributed by atoms with Crippen LogP contribution in [0.5, 0.6) is 0 Å². The van der Waals surface area contributed by atoms with Crippen molar-refractivity contribution in [3.05, 3.63) is 34.9 Å². The lowest BCUT2D eigenvalue weighted by Crippen LogP contribution is -2.05. The van der Waals surface area contributed by atoms with Gasteiger partial charge in [0.25, 0.3) is 0 Å². The van der Waals surface area contributed by atoms with Gasteiger partial charge in [-0.3, -0.25) is 0 Å².